The van der Waals surface area contributed by atoms with Gasteiger partial charge in [0.15, 0.2) is 0 Å². The Bertz CT molecular complexity index is 456. The van der Waals surface area contributed by atoms with Gasteiger partial charge in [-0.15, -0.1) is 0 Å². The minimum absolute atomic E-state index is 0.294. The highest BCUT2D eigenvalue weighted by molar-refractivity contribution is 5.83. The van der Waals surface area contributed by atoms with E-state index >= 15 is 0 Å². The monoisotopic (exact) mass is 263 g/mol. The highest BCUT2D eigenvalue weighted by Gasteiger charge is 2.39. The Hall–Kier alpha value is -1.55. The Balaban J connectivity index is 2.31. The van der Waals surface area contributed by atoms with Gasteiger partial charge in [-0.2, -0.15) is 0 Å². The molecule has 0 aliphatic heterocycles. The lowest BCUT2D eigenvalue weighted by atomic mass is 9.90. The van der Waals surface area contributed by atoms with Gasteiger partial charge in [-0.3, -0.25) is 5.32 Å². The Kier molecular flexibility index (Phi) is 4.10. The van der Waals surface area contributed by atoms with Gasteiger partial charge in [0.1, 0.15) is 11.3 Å². The summed E-state index contributed by atoms with van der Waals surface area (Å²) in [6.07, 6.45) is 2.46. The summed E-state index contributed by atoms with van der Waals surface area (Å²) in [4.78, 5) is 12.2. The molecule has 0 saturated heterocycles. The maximum absolute atomic E-state index is 12.2. The van der Waals surface area contributed by atoms with Crippen molar-refractivity contribution >= 4 is 5.97 Å². The lowest BCUT2D eigenvalue weighted by Gasteiger charge is -2.30. The van der Waals surface area contributed by atoms with Gasteiger partial charge in [-0.25, -0.2) is 4.79 Å². The molecule has 0 heterocycles. The molecule has 104 valence electrons. The smallest absolute Gasteiger partial charge is 0.330 e. The predicted molar refractivity (Wildman–Crippen MR) is 73.1 cm³/mol. The van der Waals surface area contributed by atoms with Crippen LogP contribution in [0, 0.1) is 5.92 Å². The molecule has 4 heteroatoms. The Morgan fingerprint density at radius 3 is 2.63 bits per heavy atom. The minimum atomic E-state index is -0.871. The van der Waals surface area contributed by atoms with Crippen LogP contribution in [-0.2, 0) is 15.1 Å². The summed E-state index contributed by atoms with van der Waals surface area (Å²) in [5.41, 5.74) is -0.0609. The molecule has 2 rings (SSSR count). The molecule has 1 fully saturated rings. The van der Waals surface area contributed by atoms with Gasteiger partial charge < -0.3 is 9.47 Å². The fourth-order valence-electron chi connectivity index (χ4n) is 2.21. The Morgan fingerprint density at radius 2 is 2.05 bits per heavy atom. The van der Waals surface area contributed by atoms with E-state index in [1.54, 1.807) is 7.11 Å². The zero-order valence-corrected chi connectivity index (χ0v) is 11.7. The molecule has 0 bridgehead atoms. The van der Waals surface area contributed by atoms with Gasteiger partial charge in [-0.1, -0.05) is 18.2 Å². The zero-order chi connectivity index (χ0) is 13.9. The standard InChI is InChI=1S/C15H21NO3/c1-15(14(17)19-3,16-10-11-8-9-11)12-6-4-5-7-13(12)18-2/h4-7,11,16H,8-10H2,1-3H3. The van der Waals surface area contributed by atoms with E-state index < -0.39 is 5.54 Å². The van der Waals surface area contributed by atoms with E-state index in [2.05, 4.69) is 5.32 Å². The predicted octanol–water partition coefficient (Wildman–Crippen LogP) is 2.08. The first kappa shape index (κ1) is 13.9. The fraction of sp³-hybridized carbons (Fsp3) is 0.533. The number of rotatable bonds is 6. The van der Waals surface area contributed by atoms with E-state index in [-0.39, 0.29) is 5.97 Å². The van der Waals surface area contributed by atoms with E-state index in [0.717, 1.165) is 12.1 Å². The van der Waals surface area contributed by atoms with Gasteiger partial charge in [0, 0.05) is 5.56 Å². The van der Waals surface area contributed by atoms with Crippen molar-refractivity contribution < 1.29 is 14.3 Å². The SMILES string of the molecule is COC(=O)C(C)(NCC1CC1)c1ccccc1OC. The van der Waals surface area contributed by atoms with Crippen molar-refractivity contribution in [3.63, 3.8) is 0 Å². The number of nitrogens with one attached hydrogen (secondary N) is 1. The van der Waals surface area contributed by atoms with Crippen molar-refractivity contribution in [1.29, 1.82) is 0 Å². The molecular weight excluding hydrogens is 242 g/mol. The first-order chi connectivity index (χ1) is 9.11. The molecule has 1 aliphatic rings. The van der Waals surface area contributed by atoms with Gasteiger partial charge in [-0.05, 0) is 38.3 Å². The van der Waals surface area contributed by atoms with E-state index in [1.165, 1.54) is 20.0 Å². The van der Waals surface area contributed by atoms with Gasteiger partial charge in [0.05, 0.1) is 14.2 Å². The average Bonchev–Trinajstić information content (AvgIpc) is 3.28. The minimum Gasteiger partial charge on any atom is -0.496 e. The van der Waals surface area contributed by atoms with Gasteiger partial charge in [0.25, 0.3) is 0 Å². The second-order valence-electron chi connectivity index (χ2n) is 5.14. The first-order valence-electron chi connectivity index (χ1n) is 6.58. The summed E-state index contributed by atoms with van der Waals surface area (Å²) >= 11 is 0. The number of esters is 1. The van der Waals surface area contributed by atoms with Crippen molar-refractivity contribution in [2.75, 3.05) is 20.8 Å². The molecule has 19 heavy (non-hydrogen) atoms. The molecule has 1 atom stereocenters. The molecule has 4 nitrogen and oxygen atoms in total. The van der Waals surface area contributed by atoms with Crippen molar-refractivity contribution in [3.05, 3.63) is 29.8 Å². The summed E-state index contributed by atoms with van der Waals surface area (Å²) in [7, 11) is 3.02. The second-order valence-corrected chi connectivity index (χ2v) is 5.14. The second kappa shape index (κ2) is 5.61. The van der Waals surface area contributed by atoms with Crippen LogP contribution in [0.3, 0.4) is 0 Å². The van der Waals surface area contributed by atoms with Crippen LogP contribution in [0.1, 0.15) is 25.3 Å². The normalized spacial score (nSPS) is 17.6. The number of methoxy groups -OCH3 is 2. The number of carbonyl (C=O) groups is 1. The molecule has 1 saturated carbocycles. The molecule has 1 aromatic rings. The van der Waals surface area contributed by atoms with Gasteiger partial charge in [0.2, 0.25) is 0 Å². The molecule has 1 aliphatic carbocycles. The lowest BCUT2D eigenvalue weighted by molar-refractivity contribution is -0.148. The third kappa shape index (κ3) is 2.89. The maximum atomic E-state index is 12.2. The zero-order valence-electron chi connectivity index (χ0n) is 11.7. The van der Waals surface area contributed by atoms with Crippen molar-refractivity contribution in [1.82, 2.24) is 5.32 Å². The molecule has 0 amide bonds. The number of para-hydroxylation sites is 1. The molecule has 0 radical (unpaired) electrons. The molecule has 0 spiro atoms. The summed E-state index contributed by atoms with van der Waals surface area (Å²) in [6.45, 7) is 2.67. The van der Waals surface area contributed by atoms with Crippen molar-refractivity contribution in [2.24, 2.45) is 5.92 Å². The number of hydrogen-bond donors (Lipinski definition) is 1. The highest BCUT2D eigenvalue weighted by atomic mass is 16.5. The van der Waals surface area contributed by atoms with Gasteiger partial charge >= 0.3 is 5.97 Å². The fourth-order valence-corrected chi connectivity index (χ4v) is 2.21. The van der Waals surface area contributed by atoms with E-state index in [4.69, 9.17) is 9.47 Å². The quantitative estimate of drug-likeness (QED) is 0.798. The number of carbonyl (C=O) groups excluding carboxylic acids is 1. The number of benzene rings is 1. The third-order valence-corrected chi connectivity index (χ3v) is 3.68. The van der Waals surface area contributed by atoms with Crippen LogP contribution < -0.4 is 10.1 Å². The van der Waals surface area contributed by atoms with Crippen LogP contribution >= 0.6 is 0 Å². The van der Waals surface area contributed by atoms with Crippen LogP contribution in [0.4, 0.5) is 0 Å². The first-order valence-corrected chi connectivity index (χ1v) is 6.58. The molecular formula is C15H21NO3. The van der Waals surface area contributed by atoms with Crippen LogP contribution in [0.2, 0.25) is 0 Å². The maximum Gasteiger partial charge on any atom is 0.330 e. The van der Waals surface area contributed by atoms with Crippen LogP contribution in [-0.4, -0.2) is 26.7 Å². The third-order valence-electron chi connectivity index (χ3n) is 3.68. The number of ether oxygens (including phenoxy) is 2. The van der Waals surface area contributed by atoms with Crippen LogP contribution in [0.5, 0.6) is 5.75 Å². The van der Waals surface area contributed by atoms with Crippen LogP contribution in [0.25, 0.3) is 0 Å². The van der Waals surface area contributed by atoms with Crippen molar-refractivity contribution in [3.8, 4) is 5.75 Å². The Morgan fingerprint density at radius 1 is 1.37 bits per heavy atom. The molecule has 1 N–H and O–H groups in total. The Labute approximate surface area is 114 Å². The number of hydrogen-bond acceptors (Lipinski definition) is 4. The topological polar surface area (TPSA) is 47.6 Å². The van der Waals surface area contributed by atoms with Crippen molar-refractivity contribution in [2.45, 2.75) is 25.3 Å². The summed E-state index contributed by atoms with van der Waals surface area (Å²) in [6, 6.07) is 7.55. The average molecular weight is 263 g/mol. The molecule has 1 aromatic carbocycles. The summed E-state index contributed by atoms with van der Waals surface area (Å²) < 4.78 is 10.3. The summed E-state index contributed by atoms with van der Waals surface area (Å²) in [5.74, 6) is 1.08. The van der Waals surface area contributed by atoms with E-state index in [1.807, 2.05) is 31.2 Å². The lowest BCUT2D eigenvalue weighted by Crippen LogP contribution is -2.48. The van der Waals surface area contributed by atoms with E-state index in [9.17, 15) is 4.79 Å². The largest absolute Gasteiger partial charge is 0.496 e. The molecule has 1 unspecified atom stereocenters. The van der Waals surface area contributed by atoms with E-state index in [0.29, 0.717) is 11.7 Å². The van der Waals surface area contributed by atoms with Crippen LogP contribution in [0.15, 0.2) is 24.3 Å². The highest BCUT2D eigenvalue weighted by Crippen LogP contribution is 2.33. The summed E-state index contributed by atoms with van der Waals surface area (Å²) in [5, 5.41) is 3.35. The molecule has 0 aromatic heterocycles.